The number of nitrogen functional groups attached to an aromatic ring is 1. The van der Waals surface area contributed by atoms with Gasteiger partial charge >= 0.3 is 7.12 Å². The minimum Gasteiger partial charge on any atom is -0.398 e. The summed E-state index contributed by atoms with van der Waals surface area (Å²) in [5, 5.41) is 0. The Balaban J connectivity index is 2.37. The van der Waals surface area contributed by atoms with E-state index in [9.17, 15) is 4.21 Å². The highest BCUT2D eigenvalue weighted by Crippen LogP contribution is 2.36. The number of anilines is 1. The summed E-state index contributed by atoms with van der Waals surface area (Å²) in [5.74, 6) is 0.386. The Morgan fingerprint density at radius 2 is 1.85 bits per heavy atom. The van der Waals surface area contributed by atoms with Gasteiger partial charge in [0.25, 0.3) is 0 Å². The number of aromatic nitrogens is 1. The molecule has 0 amide bonds. The summed E-state index contributed by atoms with van der Waals surface area (Å²) in [6.07, 6.45) is 3.22. The van der Waals surface area contributed by atoms with Gasteiger partial charge in [-0.25, -0.2) is 0 Å². The van der Waals surface area contributed by atoms with Gasteiger partial charge in [0.05, 0.1) is 22.5 Å². The second-order valence-electron chi connectivity index (χ2n) is 6.12. The number of hydrogen-bond donors (Lipinski definition) is 1. The van der Waals surface area contributed by atoms with E-state index in [1.165, 1.54) is 0 Å². The first-order valence-corrected chi connectivity index (χ1v) is 8.25. The Kier molecular flexibility index (Phi) is 3.97. The summed E-state index contributed by atoms with van der Waals surface area (Å²) in [4.78, 5) is 4.33. The van der Waals surface area contributed by atoms with E-state index in [4.69, 9.17) is 15.0 Å². The monoisotopic (exact) mass is 296 g/mol. The standard InChI is InChI=1S/C13H21BN2O3S/c1-12(2)13(3,4)19-14(18-12)11-9(8-20(5)17)6-10(15)7-16-11/h6-7H,8,15H2,1-5H3. The zero-order chi connectivity index (χ0) is 15.1. The average molecular weight is 296 g/mol. The summed E-state index contributed by atoms with van der Waals surface area (Å²) in [7, 11) is -1.54. The molecular formula is C13H21BN2O3S. The van der Waals surface area contributed by atoms with E-state index in [0.29, 0.717) is 17.0 Å². The van der Waals surface area contributed by atoms with E-state index in [-0.39, 0.29) is 0 Å². The van der Waals surface area contributed by atoms with Crippen LogP contribution < -0.4 is 11.3 Å². The van der Waals surface area contributed by atoms with Crippen LogP contribution in [0.2, 0.25) is 0 Å². The maximum Gasteiger partial charge on any atom is 0.514 e. The number of hydrogen-bond acceptors (Lipinski definition) is 5. The molecule has 1 aliphatic rings. The molecule has 0 aliphatic carbocycles. The fourth-order valence-electron chi connectivity index (χ4n) is 2.04. The SMILES string of the molecule is CS(=O)Cc1cc(N)cnc1B1OC(C)(C)C(C)(C)O1. The predicted molar refractivity (Wildman–Crippen MR) is 82.1 cm³/mol. The van der Waals surface area contributed by atoms with Crippen molar-refractivity contribution in [1.29, 1.82) is 0 Å². The number of nitrogens with two attached hydrogens (primary N) is 1. The van der Waals surface area contributed by atoms with Crippen molar-refractivity contribution in [3.63, 3.8) is 0 Å². The normalized spacial score (nSPS) is 21.9. The molecule has 20 heavy (non-hydrogen) atoms. The number of nitrogens with zero attached hydrogens (tertiary/aromatic N) is 1. The molecule has 0 aromatic carbocycles. The summed E-state index contributed by atoms with van der Waals surface area (Å²) in [6, 6.07) is 1.79. The minimum atomic E-state index is -0.980. The van der Waals surface area contributed by atoms with Crippen LogP contribution in [-0.2, 0) is 25.9 Å². The number of rotatable bonds is 3. The molecule has 2 heterocycles. The van der Waals surface area contributed by atoms with Gasteiger partial charge in [0, 0.05) is 29.0 Å². The van der Waals surface area contributed by atoms with Gasteiger partial charge < -0.3 is 15.0 Å². The summed E-state index contributed by atoms with van der Waals surface area (Å²) >= 11 is 0. The van der Waals surface area contributed by atoms with Gasteiger partial charge in [-0.05, 0) is 39.3 Å². The molecule has 0 radical (unpaired) electrons. The second-order valence-corrected chi connectivity index (χ2v) is 7.55. The quantitative estimate of drug-likeness (QED) is 0.837. The van der Waals surface area contributed by atoms with Gasteiger partial charge in [-0.15, -0.1) is 0 Å². The molecule has 0 spiro atoms. The molecule has 1 aromatic rings. The van der Waals surface area contributed by atoms with Gasteiger partial charge in [0.2, 0.25) is 0 Å². The second kappa shape index (κ2) is 5.13. The fraction of sp³-hybridized carbons (Fsp3) is 0.615. The van der Waals surface area contributed by atoms with Crippen molar-refractivity contribution in [2.24, 2.45) is 0 Å². The molecule has 1 saturated heterocycles. The van der Waals surface area contributed by atoms with E-state index in [0.717, 1.165) is 5.56 Å². The molecule has 5 nitrogen and oxygen atoms in total. The first-order chi connectivity index (χ1) is 9.12. The lowest BCUT2D eigenvalue weighted by Gasteiger charge is -2.32. The molecule has 1 unspecified atom stereocenters. The zero-order valence-electron chi connectivity index (χ0n) is 12.6. The summed E-state index contributed by atoms with van der Waals surface area (Å²) in [5.41, 5.74) is 6.93. The van der Waals surface area contributed by atoms with Crippen molar-refractivity contribution in [2.45, 2.75) is 44.6 Å². The molecule has 1 fully saturated rings. The highest BCUT2D eigenvalue weighted by Gasteiger charge is 2.52. The Labute approximate surface area is 122 Å². The van der Waals surface area contributed by atoms with Gasteiger partial charge in [0.1, 0.15) is 0 Å². The van der Waals surface area contributed by atoms with Crippen LogP contribution in [0.1, 0.15) is 33.3 Å². The molecule has 1 aliphatic heterocycles. The first-order valence-electron chi connectivity index (χ1n) is 6.52. The van der Waals surface area contributed by atoms with E-state index < -0.39 is 29.1 Å². The minimum absolute atomic E-state index is 0.386. The van der Waals surface area contributed by atoms with Crippen LogP contribution in [-0.4, -0.2) is 33.8 Å². The Bertz CT molecular complexity index is 532. The third kappa shape index (κ3) is 2.89. The smallest absolute Gasteiger partial charge is 0.398 e. The molecule has 2 N–H and O–H groups in total. The number of pyridine rings is 1. The van der Waals surface area contributed by atoms with Crippen molar-refractivity contribution in [2.75, 3.05) is 12.0 Å². The van der Waals surface area contributed by atoms with E-state index in [2.05, 4.69) is 4.98 Å². The van der Waals surface area contributed by atoms with Crippen LogP contribution >= 0.6 is 0 Å². The van der Waals surface area contributed by atoms with Crippen molar-refractivity contribution >= 4 is 29.2 Å². The third-order valence-corrected chi connectivity index (χ3v) is 4.58. The van der Waals surface area contributed by atoms with Gasteiger partial charge in [-0.1, -0.05) is 0 Å². The van der Waals surface area contributed by atoms with Crippen LogP contribution in [0.15, 0.2) is 12.3 Å². The van der Waals surface area contributed by atoms with Crippen molar-refractivity contribution < 1.29 is 13.5 Å². The molecule has 0 bridgehead atoms. The molecule has 110 valence electrons. The zero-order valence-corrected chi connectivity index (χ0v) is 13.4. The van der Waals surface area contributed by atoms with E-state index >= 15 is 0 Å². The van der Waals surface area contributed by atoms with Crippen LogP contribution in [0.5, 0.6) is 0 Å². The average Bonchev–Trinajstić information content (AvgIpc) is 2.46. The van der Waals surface area contributed by atoms with Gasteiger partial charge in [-0.3, -0.25) is 9.19 Å². The van der Waals surface area contributed by atoms with Crippen LogP contribution in [0.25, 0.3) is 0 Å². The van der Waals surface area contributed by atoms with Crippen LogP contribution in [0.3, 0.4) is 0 Å². The summed E-state index contributed by atoms with van der Waals surface area (Å²) in [6.45, 7) is 7.95. The predicted octanol–water partition coefficient (Wildman–Crippen LogP) is 0.842. The molecule has 2 rings (SSSR count). The van der Waals surface area contributed by atoms with Crippen LogP contribution in [0.4, 0.5) is 5.69 Å². The van der Waals surface area contributed by atoms with Gasteiger partial charge in [-0.2, -0.15) is 0 Å². The Morgan fingerprint density at radius 3 is 2.35 bits per heavy atom. The molecule has 1 aromatic heterocycles. The third-order valence-electron chi connectivity index (χ3n) is 3.86. The largest absolute Gasteiger partial charge is 0.514 e. The van der Waals surface area contributed by atoms with Gasteiger partial charge in [0.15, 0.2) is 0 Å². The lowest BCUT2D eigenvalue weighted by molar-refractivity contribution is 0.00578. The van der Waals surface area contributed by atoms with Crippen molar-refractivity contribution in [3.8, 4) is 0 Å². The molecule has 1 atom stereocenters. The topological polar surface area (TPSA) is 74.4 Å². The van der Waals surface area contributed by atoms with E-state index in [1.807, 2.05) is 27.7 Å². The van der Waals surface area contributed by atoms with Crippen molar-refractivity contribution in [1.82, 2.24) is 4.98 Å². The van der Waals surface area contributed by atoms with Crippen molar-refractivity contribution in [3.05, 3.63) is 17.8 Å². The maximum absolute atomic E-state index is 11.5. The Morgan fingerprint density at radius 1 is 1.30 bits per heavy atom. The lowest BCUT2D eigenvalue weighted by Crippen LogP contribution is -2.41. The first kappa shape index (κ1) is 15.5. The van der Waals surface area contributed by atoms with E-state index in [1.54, 1.807) is 18.5 Å². The molecule has 0 saturated carbocycles. The molecular weight excluding hydrogens is 275 g/mol. The lowest BCUT2D eigenvalue weighted by atomic mass is 9.81. The fourth-order valence-corrected chi connectivity index (χ4v) is 2.71. The highest BCUT2D eigenvalue weighted by molar-refractivity contribution is 7.83. The Hall–Kier alpha value is -0.915. The summed E-state index contributed by atoms with van der Waals surface area (Å²) < 4.78 is 23.5. The van der Waals surface area contributed by atoms with Crippen LogP contribution in [0, 0.1) is 0 Å². The highest BCUT2D eigenvalue weighted by atomic mass is 32.2. The molecule has 7 heteroatoms. The maximum atomic E-state index is 11.5.